The SMILES string of the molecule is C[C@@](CCn1ncc2cc(C#Cc3ccc([C@H](O)CO)cc3)ccc21)(C(=O)NO)S(C)(=O)=O. The number of carbonyl (C=O) groups is 1. The number of fused-ring (bicyclic) bond motifs is 1. The van der Waals surface area contributed by atoms with Gasteiger partial charge in [-0.3, -0.25) is 14.7 Å². The molecule has 33 heavy (non-hydrogen) atoms. The third kappa shape index (κ3) is 5.23. The van der Waals surface area contributed by atoms with Crippen molar-refractivity contribution in [3.05, 3.63) is 65.4 Å². The van der Waals surface area contributed by atoms with Crippen LogP contribution < -0.4 is 5.48 Å². The van der Waals surface area contributed by atoms with Gasteiger partial charge in [-0.1, -0.05) is 24.0 Å². The summed E-state index contributed by atoms with van der Waals surface area (Å²) in [6.07, 6.45) is 1.60. The molecule has 10 heteroatoms. The molecule has 174 valence electrons. The lowest BCUT2D eigenvalue weighted by atomic mass is 10.1. The van der Waals surface area contributed by atoms with Gasteiger partial charge in [-0.25, -0.2) is 13.9 Å². The number of hydrogen-bond donors (Lipinski definition) is 4. The standard InChI is InChI=1S/C23H25N3O6S/c1-23(22(29)25-30,33(2,31)32)11-12-26-20-10-7-17(13-19(20)14-24-26)4-3-16-5-8-18(9-6-16)21(28)15-27/h5-10,13-14,21,27-28,30H,11-12,15H2,1-2H3,(H,25,29)/t21-,23-/m1/s1. The Morgan fingerprint density at radius 1 is 1.18 bits per heavy atom. The lowest BCUT2D eigenvalue weighted by Crippen LogP contribution is -2.49. The normalized spacial score (nSPS) is 14.2. The molecule has 0 aliphatic carbocycles. The molecule has 3 aromatic rings. The van der Waals surface area contributed by atoms with Crippen molar-refractivity contribution in [3.8, 4) is 11.8 Å². The Balaban J connectivity index is 1.79. The minimum Gasteiger partial charge on any atom is -0.393 e. The number of amides is 1. The third-order valence-electron chi connectivity index (χ3n) is 5.66. The number of rotatable bonds is 7. The highest BCUT2D eigenvalue weighted by atomic mass is 32.2. The summed E-state index contributed by atoms with van der Waals surface area (Å²) in [7, 11) is -3.79. The van der Waals surface area contributed by atoms with E-state index in [0.717, 1.165) is 28.3 Å². The fourth-order valence-electron chi connectivity index (χ4n) is 3.29. The van der Waals surface area contributed by atoms with Crippen LogP contribution >= 0.6 is 0 Å². The average molecular weight is 472 g/mol. The first-order valence-electron chi connectivity index (χ1n) is 10.1. The van der Waals surface area contributed by atoms with Crippen molar-refractivity contribution in [1.29, 1.82) is 0 Å². The van der Waals surface area contributed by atoms with E-state index < -0.39 is 26.6 Å². The van der Waals surface area contributed by atoms with Crippen LogP contribution in [0.2, 0.25) is 0 Å². The van der Waals surface area contributed by atoms with E-state index in [1.807, 2.05) is 18.2 Å². The fourth-order valence-corrected chi connectivity index (χ4v) is 4.13. The van der Waals surface area contributed by atoms with Gasteiger partial charge in [0.25, 0.3) is 5.91 Å². The topological polar surface area (TPSA) is 142 Å². The Morgan fingerprint density at radius 2 is 1.82 bits per heavy atom. The van der Waals surface area contributed by atoms with Crippen molar-refractivity contribution < 1.29 is 28.6 Å². The summed E-state index contributed by atoms with van der Waals surface area (Å²) >= 11 is 0. The van der Waals surface area contributed by atoms with Crippen LogP contribution in [0.1, 0.15) is 36.1 Å². The van der Waals surface area contributed by atoms with Crippen LogP contribution in [0.4, 0.5) is 0 Å². The zero-order valence-electron chi connectivity index (χ0n) is 18.2. The second kappa shape index (κ2) is 9.72. The van der Waals surface area contributed by atoms with Crippen LogP contribution in [-0.2, 0) is 21.2 Å². The first-order valence-corrected chi connectivity index (χ1v) is 12.0. The van der Waals surface area contributed by atoms with Crippen LogP contribution in [0, 0.1) is 11.8 Å². The largest absolute Gasteiger partial charge is 0.393 e. The Bertz CT molecular complexity index is 1320. The zero-order chi connectivity index (χ0) is 24.2. The van der Waals surface area contributed by atoms with E-state index in [1.54, 1.807) is 35.1 Å². The molecule has 0 aliphatic rings. The maximum absolute atomic E-state index is 12.1. The van der Waals surface area contributed by atoms with E-state index >= 15 is 0 Å². The van der Waals surface area contributed by atoms with Crippen molar-refractivity contribution in [2.45, 2.75) is 30.7 Å². The number of aliphatic hydroxyl groups is 2. The molecule has 4 N–H and O–H groups in total. The molecule has 2 aromatic carbocycles. The quantitative estimate of drug-likeness (QED) is 0.230. The van der Waals surface area contributed by atoms with Gasteiger partial charge in [0.2, 0.25) is 0 Å². The molecule has 2 atom stereocenters. The Labute approximate surface area is 191 Å². The average Bonchev–Trinajstić information content (AvgIpc) is 3.21. The number of nitrogens with zero attached hydrogens (tertiary/aromatic N) is 2. The van der Waals surface area contributed by atoms with Crippen LogP contribution in [0.3, 0.4) is 0 Å². The summed E-state index contributed by atoms with van der Waals surface area (Å²) in [6, 6.07) is 12.4. The van der Waals surface area contributed by atoms with E-state index in [-0.39, 0.29) is 19.6 Å². The monoisotopic (exact) mass is 471 g/mol. The molecular formula is C23H25N3O6S. The van der Waals surface area contributed by atoms with Gasteiger partial charge in [0.15, 0.2) is 14.6 Å². The highest BCUT2D eigenvalue weighted by molar-refractivity contribution is 7.92. The molecule has 1 heterocycles. The maximum Gasteiger partial charge on any atom is 0.264 e. The van der Waals surface area contributed by atoms with E-state index in [4.69, 9.17) is 10.3 Å². The molecule has 0 spiro atoms. The summed E-state index contributed by atoms with van der Waals surface area (Å²) in [6.45, 7) is 1.07. The third-order valence-corrected chi connectivity index (χ3v) is 7.69. The number of benzene rings is 2. The first-order chi connectivity index (χ1) is 15.6. The molecule has 0 unspecified atom stereocenters. The van der Waals surface area contributed by atoms with Crippen molar-refractivity contribution in [1.82, 2.24) is 15.3 Å². The molecule has 1 amide bonds. The smallest absolute Gasteiger partial charge is 0.264 e. The summed E-state index contributed by atoms with van der Waals surface area (Å²) in [5.41, 5.74) is 4.31. The Kier molecular flexibility index (Phi) is 7.19. The van der Waals surface area contributed by atoms with Gasteiger partial charge < -0.3 is 10.2 Å². The van der Waals surface area contributed by atoms with Gasteiger partial charge >= 0.3 is 0 Å². The molecule has 1 aromatic heterocycles. The zero-order valence-corrected chi connectivity index (χ0v) is 19.0. The van der Waals surface area contributed by atoms with Gasteiger partial charge in [-0.05, 0) is 49.2 Å². The molecule has 0 saturated heterocycles. The Morgan fingerprint density at radius 3 is 2.42 bits per heavy atom. The first kappa shape index (κ1) is 24.4. The van der Waals surface area contributed by atoms with Gasteiger partial charge in [0.1, 0.15) is 6.10 Å². The van der Waals surface area contributed by atoms with Crippen LogP contribution in [-0.4, -0.2) is 57.1 Å². The molecule has 0 fully saturated rings. The molecule has 3 rings (SSSR count). The highest BCUT2D eigenvalue weighted by Crippen LogP contribution is 2.24. The summed E-state index contributed by atoms with van der Waals surface area (Å²) < 4.78 is 24.1. The number of aromatic nitrogens is 2. The summed E-state index contributed by atoms with van der Waals surface area (Å²) in [4.78, 5) is 12.0. The van der Waals surface area contributed by atoms with Gasteiger partial charge in [0.05, 0.1) is 18.3 Å². The van der Waals surface area contributed by atoms with Gasteiger partial charge in [0, 0.05) is 29.3 Å². The van der Waals surface area contributed by atoms with Crippen molar-refractivity contribution >= 4 is 26.6 Å². The fraction of sp³-hybridized carbons (Fsp3) is 0.304. The number of aliphatic hydroxyl groups excluding tert-OH is 2. The molecule has 0 saturated carbocycles. The maximum atomic E-state index is 12.1. The van der Waals surface area contributed by atoms with E-state index in [2.05, 4.69) is 16.9 Å². The minimum atomic E-state index is -3.79. The number of nitrogens with one attached hydrogen (secondary N) is 1. The molecule has 0 radical (unpaired) electrons. The second-order valence-corrected chi connectivity index (χ2v) is 10.4. The van der Waals surface area contributed by atoms with E-state index in [1.165, 1.54) is 12.4 Å². The van der Waals surface area contributed by atoms with Gasteiger partial charge in [-0.15, -0.1) is 0 Å². The minimum absolute atomic E-state index is 0.0719. The van der Waals surface area contributed by atoms with E-state index in [9.17, 15) is 18.3 Å². The highest BCUT2D eigenvalue weighted by Gasteiger charge is 2.43. The van der Waals surface area contributed by atoms with Crippen molar-refractivity contribution in [2.75, 3.05) is 12.9 Å². The summed E-state index contributed by atoms with van der Waals surface area (Å²) in [5.74, 6) is 5.12. The summed E-state index contributed by atoms with van der Waals surface area (Å²) in [5, 5.41) is 32.7. The van der Waals surface area contributed by atoms with Crippen LogP contribution in [0.5, 0.6) is 0 Å². The number of hydrogen-bond acceptors (Lipinski definition) is 7. The predicted molar refractivity (Wildman–Crippen MR) is 122 cm³/mol. The number of carbonyl (C=O) groups excluding carboxylic acids is 1. The van der Waals surface area contributed by atoms with Crippen molar-refractivity contribution in [2.24, 2.45) is 0 Å². The predicted octanol–water partition coefficient (Wildman–Crippen LogP) is 1.16. The van der Waals surface area contributed by atoms with Crippen LogP contribution in [0.15, 0.2) is 48.7 Å². The Hall–Kier alpha value is -3.23. The number of hydroxylamine groups is 1. The lowest BCUT2D eigenvalue weighted by Gasteiger charge is -2.25. The van der Waals surface area contributed by atoms with Crippen molar-refractivity contribution in [3.63, 3.8) is 0 Å². The lowest BCUT2D eigenvalue weighted by molar-refractivity contribution is -0.131. The van der Waals surface area contributed by atoms with Crippen LogP contribution in [0.25, 0.3) is 10.9 Å². The molecule has 0 bridgehead atoms. The molecule has 9 nitrogen and oxygen atoms in total. The molecular weight excluding hydrogens is 446 g/mol. The number of aryl methyl sites for hydroxylation is 1. The molecule has 0 aliphatic heterocycles. The second-order valence-electron chi connectivity index (χ2n) is 7.91. The van der Waals surface area contributed by atoms with E-state index in [0.29, 0.717) is 5.56 Å². The van der Waals surface area contributed by atoms with Gasteiger partial charge in [-0.2, -0.15) is 5.10 Å². The number of sulfone groups is 1.